The number of hydrogen-bond acceptors (Lipinski definition) is 2. The Bertz CT molecular complexity index is 404. The maximum Gasteiger partial charge on any atom is 0.0803 e. The molecule has 1 aromatic rings. The van der Waals surface area contributed by atoms with Gasteiger partial charge < -0.3 is 0 Å². The highest BCUT2D eigenvalue weighted by Gasteiger charge is 2.09. The molecule has 0 aliphatic carbocycles. The van der Waals surface area contributed by atoms with Gasteiger partial charge in [-0.1, -0.05) is 39.8 Å². The van der Waals surface area contributed by atoms with E-state index in [2.05, 4.69) is 50.0 Å². The number of thiocarbonyl (C=S) groups is 1. The molecule has 0 spiro atoms. The van der Waals surface area contributed by atoms with Crippen LogP contribution >= 0.6 is 12.2 Å². The minimum absolute atomic E-state index is 0.685. The molecule has 2 heteroatoms. The van der Waals surface area contributed by atoms with Crippen LogP contribution in [-0.2, 0) is 19.3 Å². The Labute approximate surface area is 110 Å². The minimum Gasteiger partial charge on any atom is -0.194 e. The van der Waals surface area contributed by atoms with Crippen molar-refractivity contribution in [2.75, 3.05) is 0 Å². The second-order valence-electron chi connectivity index (χ2n) is 4.77. The fourth-order valence-corrected chi connectivity index (χ4v) is 2.24. The molecular weight excluding hydrogens is 226 g/mol. The van der Waals surface area contributed by atoms with Crippen LogP contribution in [0.15, 0.2) is 17.1 Å². The molecule has 0 aliphatic rings. The lowest BCUT2D eigenvalue weighted by atomic mass is 9.95. The highest BCUT2D eigenvalue weighted by Crippen LogP contribution is 2.28. The highest BCUT2D eigenvalue weighted by molar-refractivity contribution is 7.78. The standard InChI is InChI=1S/C15H21NS/c1-5-13-8-12(7-11(3)4)9-14(6-2)15(13)16-10-17/h8-9,11H,5-7H2,1-4H3. The number of nitrogens with zero attached hydrogens (tertiary/aromatic N) is 1. The molecule has 0 heterocycles. The number of aryl methyl sites for hydroxylation is 2. The minimum atomic E-state index is 0.685. The van der Waals surface area contributed by atoms with Crippen molar-refractivity contribution in [1.82, 2.24) is 0 Å². The van der Waals surface area contributed by atoms with E-state index >= 15 is 0 Å². The Hall–Kier alpha value is -0.980. The van der Waals surface area contributed by atoms with Crippen LogP contribution in [0.5, 0.6) is 0 Å². The zero-order valence-electron chi connectivity index (χ0n) is 11.2. The predicted octanol–water partition coefficient (Wildman–Crippen LogP) is 4.74. The summed E-state index contributed by atoms with van der Waals surface area (Å²) in [5.41, 5.74) is 5.03. The smallest absolute Gasteiger partial charge is 0.0803 e. The van der Waals surface area contributed by atoms with Crippen molar-refractivity contribution in [2.24, 2.45) is 10.9 Å². The maximum atomic E-state index is 4.74. The fourth-order valence-electron chi connectivity index (χ4n) is 2.15. The molecule has 0 saturated carbocycles. The van der Waals surface area contributed by atoms with Gasteiger partial charge >= 0.3 is 0 Å². The summed E-state index contributed by atoms with van der Waals surface area (Å²) in [7, 11) is 0. The summed E-state index contributed by atoms with van der Waals surface area (Å²) >= 11 is 4.74. The van der Waals surface area contributed by atoms with Crippen molar-refractivity contribution in [1.29, 1.82) is 0 Å². The van der Waals surface area contributed by atoms with Gasteiger partial charge in [-0.15, -0.1) is 0 Å². The van der Waals surface area contributed by atoms with Gasteiger partial charge in [0.05, 0.1) is 10.8 Å². The van der Waals surface area contributed by atoms with Crippen molar-refractivity contribution in [2.45, 2.75) is 47.0 Å². The van der Waals surface area contributed by atoms with Gasteiger partial charge in [-0.05, 0) is 54.1 Å². The van der Waals surface area contributed by atoms with Gasteiger partial charge in [-0.25, -0.2) is 0 Å². The van der Waals surface area contributed by atoms with E-state index in [0.717, 1.165) is 24.9 Å². The summed E-state index contributed by atoms with van der Waals surface area (Å²) in [4.78, 5) is 4.23. The predicted molar refractivity (Wildman–Crippen MR) is 78.4 cm³/mol. The number of isothiocyanates is 1. The lowest BCUT2D eigenvalue weighted by Gasteiger charge is -2.13. The van der Waals surface area contributed by atoms with Crippen molar-refractivity contribution >= 4 is 23.1 Å². The third kappa shape index (κ3) is 3.76. The fraction of sp³-hybridized carbons (Fsp3) is 0.533. The Balaban J connectivity index is 3.28. The van der Waals surface area contributed by atoms with Crippen LogP contribution in [0, 0.1) is 5.92 Å². The van der Waals surface area contributed by atoms with Crippen LogP contribution in [0.2, 0.25) is 0 Å². The third-order valence-corrected chi connectivity index (χ3v) is 2.98. The SMILES string of the molecule is CCc1cc(CC(C)C)cc(CC)c1N=C=S. The first-order valence-electron chi connectivity index (χ1n) is 6.34. The summed E-state index contributed by atoms with van der Waals surface area (Å²) in [5, 5.41) is 2.50. The summed E-state index contributed by atoms with van der Waals surface area (Å²) in [6, 6.07) is 4.54. The van der Waals surface area contributed by atoms with Gasteiger partial charge in [-0.2, -0.15) is 4.99 Å². The van der Waals surface area contributed by atoms with Gasteiger partial charge in [0.25, 0.3) is 0 Å². The van der Waals surface area contributed by atoms with Gasteiger partial charge in [0.1, 0.15) is 0 Å². The van der Waals surface area contributed by atoms with Crippen molar-refractivity contribution < 1.29 is 0 Å². The van der Waals surface area contributed by atoms with Crippen LogP contribution in [-0.4, -0.2) is 5.16 Å². The second-order valence-corrected chi connectivity index (χ2v) is 4.95. The molecule has 0 bridgehead atoms. The van der Waals surface area contributed by atoms with E-state index in [9.17, 15) is 0 Å². The largest absolute Gasteiger partial charge is 0.194 e. The molecule has 0 aliphatic heterocycles. The van der Waals surface area contributed by atoms with Gasteiger partial charge in [-0.3, -0.25) is 0 Å². The first-order chi connectivity index (χ1) is 8.12. The molecule has 0 radical (unpaired) electrons. The Morgan fingerprint density at radius 2 is 1.71 bits per heavy atom. The first kappa shape index (κ1) is 14.1. The lowest BCUT2D eigenvalue weighted by molar-refractivity contribution is 0.646. The molecule has 17 heavy (non-hydrogen) atoms. The average molecular weight is 247 g/mol. The topological polar surface area (TPSA) is 12.4 Å². The second kappa shape index (κ2) is 6.68. The average Bonchev–Trinajstić information content (AvgIpc) is 2.30. The maximum absolute atomic E-state index is 4.74. The van der Waals surface area contributed by atoms with Gasteiger partial charge in [0.2, 0.25) is 0 Å². The summed E-state index contributed by atoms with van der Waals surface area (Å²) < 4.78 is 0. The third-order valence-electron chi connectivity index (χ3n) is 2.89. The zero-order chi connectivity index (χ0) is 12.8. The van der Waals surface area contributed by atoms with E-state index in [4.69, 9.17) is 12.2 Å². The van der Waals surface area contributed by atoms with E-state index in [1.807, 2.05) is 0 Å². The van der Waals surface area contributed by atoms with Crippen LogP contribution in [0.1, 0.15) is 44.4 Å². The van der Waals surface area contributed by atoms with Crippen LogP contribution in [0.4, 0.5) is 5.69 Å². The molecule has 0 N–H and O–H groups in total. The molecule has 0 amide bonds. The van der Waals surface area contributed by atoms with E-state index < -0.39 is 0 Å². The van der Waals surface area contributed by atoms with Gasteiger partial charge in [0.15, 0.2) is 0 Å². The molecule has 1 rings (SSSR count). The molecule has 0 fully saturated rings. The van der Waals surface area contributed by atoms with Crippen LogP contribution in [0.3, 0.4) is 0 Å². The van der Waals surface area contributed by atoms with E-state index in [1.54, 1.807) is 0 Å². The summed E-state index contributed by atoms with van der Waals surface area (Å²) in [6.07, 6.45) is 3.12. The molecule has 0 saturated heterocycles. The van der Waals surface area contributed by atoms with Crippen molar-refractivity contribution in [3.63, 3.8) is 0 Å². The molecular formula is C15H21NS. The monoisotopic (exact) mass is 247 g/mol. The van der Waals surface area contributed by atoms with Crippen LogP contribution in [0.25, 0.3) is 0 Å². The van der Waals surface area contributed by atoms with Gasteiger partial charge in [0, 0.05) is 0 Å². The Morgan fingerprint density at radius 1 is 1.18 bits per heavy atom. The molecule has 0 aromatic heterocycles. The first-order valence-corrected chi connectivity index (χ1v) is 6.75. The molecule has 0 unspecified atom stereocenters. The molecule has 92 valence electrons. The van der Waals surface area contributed by atoms with Crippen LogP contribution < -0.4 is 0 Å². The highest BCUT2D eigenvalue weighted by atomic mass is 32.1. The number of rotatable bonds is 5. The summed E-state index contributed by atoms with van der Waals surface area (Å²) in [6.45, 7) is 8.83. The van der Waals surface area contributed by atoms with Crippen molar-refractivity contribution in [3.05, 3.63) is 28.8 Å². The van der Waals surface area contributed by atoms with Crippen molar-refractivity contribution in [3.8, 4) is 0 Å². The molecule has 0 atom stereocenters. The molecule has 1 aromatic carbocycles. The van der Waals surface area contributed by atoms with E-state index in [1.165, 1.54) is 16.7 Å². The number of aliphatic imine (C=N–C) groups is 1. The Morgan fingerprint density at radius 3 is 2.06 bits per heavy atom. The zero-order valence-corrected chi connectivity index (χ0v) is 12.0. The quantitative estimate of drug-likeness (QED) is 0.540. The number of benzene rings is 1. The lowest BCUT2D eigenvalue weighted by Crippen LogP contribution is -1.98. The summed E-state index contributed by atoms with van der Waals surface area (Å²) in [5.74, 6) is 0.685. The molecule has 1 nitrogen and oxygen atoms in total. The normalized spacial score (nSPS) is 10.4. The van der Waals surface area contributed by atoms with E-state index in [-0.39, 0.29) is 0 Å². The Kier molecular flexibility index (Phi) is 5.54. The number of hydrogen-bond donors (Lipinski definition) is 0. The van der Waals surface area contributed by atoms with E-state index in [0.29, 0.717) is 5.92 Å².